The highest BCUT2D eigenvalue weighted by molar-refractivity contribution is 6.33. The van der Waals surface area contributed by atoms with E-state index in [9.17, 15) is 0 Å². The van der Waals surface area contributed by atoms with E-state index >= 15 is 0 Å². The average molecular weight is 270 g/mol. The zero-order valence-corrected chi connectivity index (χ0v) is 10.9. The van der Waals surface area contributed by atoms with Crippen molar-refractivity contribution >= 4 is 34.4 Å². The van der Waals surface area contributed by atoms with Gasteiger partial charge in [-0.05, 0) is 18.2 Å². The molecule has 3 rings (SSSR count). The molecule has 2 aromatic carbocycles. The number of anilines is 1. The summed E-state index contributed by atoms with van der Waals surface area (Å²) in [6, 6.07) is 15.6. The van der Waals surface area contributed by atoms with E-state index in [4.69, 9.17) is 11.6 Å². The fourth-order valence-corrected chi connectivity index (χ4v) is 2.10. The summed E-state index contributed by atoms with van der Waals surface area (Å²) in [4.78, 5) is 3.20. The molecule has 0 fully saturated rings. The number of hydrogen-bond acceptors (Lipinski definition) is 2. The third kappa shape index (κ3) is 2.46. The number of benzene rings is 2. The number of aromatic nitrogens is 1. The van der Waals surface area contributed by atoms with E-state index in [2.05, 4.69) is 21.6 Å². The molecule has 1 aromatic heterocycles. The summed E-state index contributed by atoms with van der Waals surface area (Å²) in [6.07, 6.45) is 3.71. The molecule has 0 amide bonds. The SMILES string of the molecule is Clc1ccccc1N/N=C/c1c[nH]c2ccccc12. The van der Waals surface area contributed by atoms with Gasteiger partial charge in [0.2, 0.25) is 0 Å². The summed E-state index contributed by atoms with van der Waals surface area (Å²) in [5, 5.41) is 6.01. The summed E-state index contributed by atoms with van der Waals surface area (Å²) < 4.78 is 0. The van der Waals surface area contributed by atoms with Crippen LogP contribution in [0.25, 0.3) is 10.9 Å². The van der Waals surface area contributed by atoms with Gasteiger partial charge in [-0.15, -0.1) is 0 Å². The van der Waals surface area contributed by atoms with Gasteiger partial charge in [0, 0.05) is 22.7 Å². The third-order valence-corrected chi connectivity index (χ3v) is 3.21. The van der Waals surface area contributed by atoms with Crippen LogP contribution in [0, 0.1) is 0 Å². The molecule has 0 saturated carbocycles. The molecule has 0 saturated heterocycles. The van der Waals surface area contributed by atoms with Gasteiger partial charge in [-0.25, -0.2) is 0 Å². The lowest BCUT2D eigenvalue weighted by Gasteiger charge is -2.01. The largest absolute Gasteiger partial charge is 0.361 e. The monoisotopic (exact) mass is 269 g/mol. The van der Waals surface area contributed by atoms with Crippen molar-refractivity contribution in [3.05, 3.63) is 65.3 Å². The van der Waals surface area contributed by atoms with E-state index in [1.165, 1.54) is 0 Å². The Morgan fingerprint density at radius 3 is 2.74 bits per heavy atom. The number of H-pyrrole nitrogens is 1. The molecule has 0 aliphatic rings. The van der Waals surface area contributed by atoms with Gasteiger partial charge in [-0.1, -0.05) is 41.9 Å². The van der Waals surface area contributed by atoms with Gasteiger partial charge in [0.15, 0.2) is 0 Å². The molecule has 0 spiro atoms. The zero-order chi connectivity index (χ0) is 13.1. The van der Waals surface area contributed by atoms with Crippen molar-refractivity contribution in [3.8, 4) is 0 Å². The first kappa shape index (κ1) is 11.8. The van der Waals surface area contributed by atoms with E-state index in [0.717, 1.165) is 22.2 Å². The second-order valence-corrected chi connectivity index (χ2v) is 4.55. The highest BCUT2D eigenvalue weighted by Gasteiger charge is 1.99. The minimum Gasteiger partial charge on any atom is -0.361 e. The number of hydrazone groups is 1. The molecule has 0 bridgehead atoms. The molecular formula is C15H12ClN3. The molecule has 2 N–H and O–H groups in total. The van der Waals surface area contributed by atoms with Crippen molar-refractivity contribution in [3.63, 3.8) is 0 Å². The number of aromatic amines is 1. The molecule has 0 radical (unpaired) electrons. The number of fused-ring (bicyclic) bond motifs is 1. The van der Waals surface area contributed by atoms with Gasteiger partial charge in [-0.2, -0.15) is 5.10 Å². The number of rotatable bonds is 3. The van der Waals surface area contributed by atoms with Gasteiger partial charge in [0.25, 0.3) is 0 Å². The number of nitrogens with one attached hydrogen (secondary N) is 2. The van der Waals surface area contributed by atoms with Crippen LogP contribution in [0.15, 0.2) is 59.8 Å². The molecular weight excluding hydrogens is 258 g/mol. The van der Waals surface area contributed by atoms with Gasteiger partial charge >= 0.3 is 0 Å². The quantitative estimate of drug-likeness (QED) is 0.541. The van der Waals surface area contributed by atoms with E-state index < -0.39 is 0 Å². The van der Waals surface area contributed by atoms with Crippen LogP contribution in [0.4, 0.5) is 5.69 Å². The van der Waals surface area contributed by atoms with E-state index in [-0.39, 0.29) is 0 Å². The van der Waals surface area contributed by atoms with Crippen molar-refractivity contribution in [2.45, 2.75) is 0 Å². The summed E-state index contributed by atoms with van der Waals surface area (Å²) in [5.74, 6) is 0. The van der Waals surface area contributed by atoms with E-state index in [0.29, 0.717) is 5.02 Å². The van der Waals surface area contributed by atoms with Crippen LogP contribution in [0.3, 0.4) is 0 Å². The summed E-state index contributed by atoms with van der Waals surface area (Å²) in [6.45, 7) is 0. The van der Waals surface area contributed by atoms with Crippen LogP contribution < -0.4 is 5.43 Å². The Morgan fingerprint density at radius 2 is 1.84 bits per heavy atom. The minimum absolute atomic E-state index is 0.651. The Kier molecular flexibility index (Phi) is 3.21. The maximum atomic E-state index is 6.04. The normalized spacial score (nSPS) is 11.2. The molecule has 3 nitrogen and oxygen atoms in total. The Balaban J connectivity index is 1.82. The fourth-order valence-electron chi connectivity index (χ4n) is 1.92. The highest BCUT2D eigenvalue weighted by atomic mass is 35.5. The molecule has 94 valence electrons. The van der Waals surface area contributed by atoms with E-state index in [1.54, 1.807) is 6.21 Å². The number of hydrogen-bond donors (Lipinski definition) is 2. The average Bonchev–Trinajstić information content (AvgIpc) is 2.85. The van der Waals surface area contributed by atoms with Gasteiger partial charge in [0.1, 0.15) is 0 Å². The maximum Gasteiger partial charge on any atom is 0.0748 e. The third-order valence-electron chi connectivity index (χ3n) is 2.88. The molecule has 0 aliphatic heterocycles. The fraction of sp³-hybridized carbons (Fsp3) is 0. The molecule has 19 heavy (non-hydrogen) atoms. The van der Waals surface area contributed by atoms with Gasteiger partial charge in [-0.3, -0.25) is 5.43 Å². The van der Waals surface area contributed by atoms with Gasteiger partial charge in [0.05, 0.1) is 16.9 Å². The van der Waals surface area contributed by atoms with Crippen LogP contribution in [0.5, 0.6) is 0 Å². The topological polar surface area (TPSA) is 40.2 Å². The number of halogens is 1. The van der Waals surface area contributed by atoms with Crippen molar-refractivity contribution in [2.75, 3.05) is 5.43 Å². The smallest absolute Gasteiger partial charge is 0.0748 e. The second kappa shape index (κ2) is 5.16. The number of nitrogens with zero attached hydrogens (tertiary/aromatic N) is 1. The zero-order valence-electron chi connectivity index (χ0n) is 10.1. The van der Waals surface area contributed by atoms with Crippen LogP contribution in [-0.2, 0) is 0 Å². The first-order valence-corrected chi connectivity index (χ1v) is 6.32. The molecule has 0 aliphatic carbocycles. The standard InChI is InChI=1S/C15H12ClN3/c16-13-6-2-4-8-15(13)19-18-10-11-9-17-14-7-3-1-5-12(11)14/h1-10,17,19H/b18-10+. The first-order valence-electron chi connectivity index (χ1n) is 5.94. The Labute approximate surface area is 115 Å². The predicted octanol–water partition coefficient (Wildman–Crippen LogP) is 4.27. The van der Waals surface area contributed by atoms with Crippen molar-refractivity contribution in [1.82, 2.24) is 4.98 Å². The first-order chi connectivity index (χ1) is 9.34. The van der Waals surface area contributed by atoms with Crippen LogP contribution in [0.2, 0.25) is 5.02 Å². The summed E-state index contributed by atoms with van der Waals surface area (Å²) >= 11 is 6.04. The number of para-hydroxylation sites is 2. The molecule has 4 heteroatoms. The van der Waals surface area contributed by atoms with Crippen LogP contribution in [0.1, 0.15) is 5.56 Å². The highest BCUT2D eigenvalue weighted by Crippen LogP contribution is 2.20. The second-order valence-electron chi connectivity index (χ2n) is 4.14. The Bertz CT molecular complexity index is 731. The summed E-state index contributed by atoms with van der Waals surface area (Å²) in [7, 11) is 0. The molecule has 1 heterocycles. The van der Waals surface area contributed by atoms with Crippen molar-refractivity contribution in [1.29, 1.82) is 0 Å². The molecule has 3 aromatic rings. The lowest BCUT2D eigenvalue weighted by molar-refractivity contribution is 1.35. The van der Waals surface area contributed by atoms with E-state index in [1.807, 2.05) is 48.7 Å². The predicted molar refractivity (Wildman–Crippen MR) is 81.0 cm³/mol. The minimum atomic E-state index is 0.651. The van der Waals surface area contributed by atoms with Gasteiger partial charge < -0.3 is 4.98 Å². The van der Waals surface area contributed by atoms with Crippen molar-refractivity contribution < 1.29 is 0 Å². The maximum absolute atomic E-state index is 6.04. The van der Waals surface area contributed by atoms with Crippen molar-refractivity contribution in [2.24, 2.45) is 5.10 Å². The van der Waals surface area contributed by atoms with Crippen LogP contribution in [-0.4, -0.2) is 11.2 Å². The Hall–Kier alpha value is -2.26. The lowest BCUT2D eigenvalue weighted by Crippen LogP contribution is -1.90. The molecule has 0 unspecified atom stereocenters. The van der Waals surface area contributed by atoms with Crippen LogP contribution >= 0.6 is 11.6 Å². The summed E-state index contributed by atoms with van der Waals surface area (Å²) in [5.41, 5.74) is 5.87. The lowest BCUT2D eigenvalue weighted by atomic mass is 10.2. The molecule has 0 atom stereocenters. The Morgan fingerprint density at radius 1 is 1.05 bits per heavy atom.